The molecule has 0 bridgehead atoms. The maximum Gasteiger partial charge on any atom is 0.113 e. The minimum absolute atomic E-state index is 0.304. The number of aromatic nitrogens is 2. The molecule has 1 N–H and O–H groups in total. The van der Waals surface area contributed by atoms with Gasteiger partial charge in [-0.05, 0) is 20.8 Å². The van der Waals surface area contributed by atoms with Crippen molar-refractivity contribution in [1.82, 2.24) is 9.78 Å². The SMILES string of the molecule is CCOCC(C)(O)c1cnn(CC)c1. The van der Waals surface area contributed by atoms with Crippen LogP contribution >= 0.6 is 0 Å². The lowest BCUT2D eigenvalue weighted by molar-refractivity contribution is -0.0344. The molecule has 1 heterocycles. The Morgan fingerprint density at radius 3 is 2.79 bits per heavy atom. The van der Waals surface area contributed by atoms with E-state index in [2.05, 4.69) is 5.10 Å². The summed E-state index contributed by atoms with van der Waals surface area (Å²) in [5.41, 5.74) is -0.142. The smallest absolute Gasteiger partial charge is 0.113 e. The van der Waals surface area contributed by atoms with Gasteiger partial charge in [-0.1, -0.05) is 0 Å². The largest absolute Gasteiger partial charge is 0.383 e. The quantitative estimate of drug-likeness (QED) is 0.772. The first kappa shape index (κ1) is 11.2. The fourth-order valence-electron chi connectivity index (χ4n) is 1.20. The topological polar surface area (TPSA) is 47.3 Å². The molecular formula is C10H18N2O2. The molecule has 0 aliphatic rings. The second-order valence-electron chi connectivity index (χ2n) is 3.50. The third-order valence-corrected chi connectivity index (χ3v) is 2.17. The normalized spacial score (nSPS) is 15.4. The van der Waals surface area contributed by atoms with Crippen LogP contribution in [0.25, 0.3) is 0 Å². The van der Waals surface area contributed by atoms with Crippen LogP contribution in [-0.2, 0) is 16.9 Å². The second kappa shape index (κ2) is 4.57. The van der Waals surface area contributed by atoms with Crippen LogP contribution in [0.5, 0.6) is 0 Å². The number of ether oxygens (including phenoxy) is 1. The first-order valence-corrected chi connectivity index (χ1v) is 4.93. The van der Waals surface area contributed by atoms with E-state index in [4.69, 9.17) is 4.74 Å². The maximum absolute atomic E-state index is 10.0. The summed E-state index contributed by atoms with van der Waals surface area (Å²) in [6.07, 6.45) is 3.53. The van der Waals surface area contributed by atoms with Gasteiger partial charge in [0, 0.05) is 24.9 Å². The van der Waals surface area contributed by atoms with Crippen LogP contribution < -0.4 is 0 Å². The zero-order valence-electron chi connectivity index (χ0n) is 9.03. The van der Waals surface area contributed by atoms with Crippen LogP contribution in [0.4, 0.5) is 0 Å². The monoisotopic (exact) mass is 198 g/mol. The van der Waals surface area contributed by atoms with E-state index >= 15 is 0 Å². The minimum Gasteiger partial charge on any atom is -0.383 e. The van der Waals surface area contributed by atoms with Gasteiger partial charge in [-0.15, -0.1) is 0 Å². The van der Waals surface area contributed by atoms with Gasteiger partial charge in [0.25, 0.3) is 0 Å². The predicted octanol–water partition coefficient (Wildman–Crippen LogP) is 1.15. The zero-order valence-corrected chi connectivity index (χ0v) is 9.03. The molecule has 0 amide bonds. The summed E-state index contributed by atoms with van der Waals surface area (Å²) in [7, 11) is 0. The standard InChI is InChI=1S/C10H18N2O2/c1-4-12-7-9(6-11-12)10(3,13)8-14-5-2/h6-7,13H,4-5,8H2,1-3H3. The van der Waals surface area contributed by atoms with Crippen LogP contribution in [-0.4, -0.2) is 28.1 Å². The van der Waals surface area contributed by atoms with Gasteiger partial charge in [0.1, 0.15) is 5.60 Å². The Bertz CT molecular complexity index is 281. The van der Waals surface area contributed by atoms with E-state index in [1.165, 1.54) is 0 Å². The molecule has 0 fully saturated rings. The first-order chi connectivity index (χ1) is 6.60. The highest BCUT2D eigenvalue weighted by atomic mass is 16.5. The molecule has 0 aliphatic carbocycles. The number of aryl methyl sites for hydroxylation is 1. The molecular weight excluding hydrogens is 180 g/mol. The van der Waals surface area contributed by atoms with Gasteiger partial charge in [-0.25, -0.2) is 0 Å². The first-order valence-electron chi connectivity index (χ1n) is 4.93. The molecule has 0 spiro atoms. The highest BCUT2D eigenvalue weighted by Crippen LogP contribution is 2.19. The van der Waals surface area contributed by atoms with E-state index in [0.717, 1.165) is 12.1 Å². The molecule has 0 aliphatic heterocycles. The summed E-state index contributed by atoms with van der Waals surface area (Å²) in [6, 6.07) is 0. The Morgan fingerprint density at radius 1 is 1.57 bits per heavy atom. The molecule has 0 saturated carbocycles. The lowest BCUT2D eigenvalue weighted by Crippen LogP contribution is -2.27. The van der Waals surface area contributed by atoms with Crippen LogP contribution in [0.1, 0.15) is 26.3 Å². The van der Waals surface area contributed by atoms with Gasteiger partial charge in [0.05, 0.1) is 12.8 Å². The van der Waals surface area contributed by atoms with Crippen molar-refractivity contribution in [3.8, 4) is 0 Å². The summed E-state index contributed by atoms with van der Waals surface area (Å²) in [6.45, 7) is 7.38. The van der Waals surface area contributed by atoms with E-state index in [0.29, 0.717) is 13.2 Å². The predicted molar refractivity (Wildman–Crippen MR) is 54.0 cm³/mol. The summed E-state index contributed by atoms with van der Waals surface area (Å²) >= 11 is 0. The van der Waals surface area contributed by atoms with Crippen LogP contribution in [0.15, 0.2) is 12.4 Å². The highest BCUT2D eigenvalue weighted by Gasteiger charge is 2.24. The van der Waals surface area contributed by atoms with Gasteiger partial charge >= 0.3 is 0 Å². The van der Waals surface area contributed by atoms with Gasteiger partial charge < -0.3 is 9.84 Å². The molecule has 0 aromatic carbocycles. The molecule has 4 heteroatoms. The van der Waals surface area contributed by atoms with Crippen LogP contribution in [0.2, 0.25) is 0 Å². The molecule has 0 saturated heterocycles. The van der Waals surface area contributed by atoms with Crippen molar-refractivity contribution in [3.05, 3.63) is 18.0 Å². The molecule has 1 aromatic rings. The van der Waals surface area contributed by atoms with E-state index in [-0.39, 0.29) is 0 Å². The summed E-state index contributed by atoms with van der Waals surface area (Å²) in [4.78, 5) is 0. The van der Waals surface area contributed by atoms with Crippen molar-refractivity contribution in [3.63, 3.8) is 0 Å². The molecule has 1 aromatic heterocycles. The maximum atomic E-state index is 10.0. The van der Waals surface area contributed by atoms with Crippen molar-refractivity contribution in [1.29, 1.82) is 0 Å². The Balaban J connectivity index is 2.70. The summed E-state index contributed by atoms with van der Waals surface area (Å²) in [5, 5.41) is 14.2. The highest BCUT2D eigenvalue weighted by molar-refractivity contribution is 5.13. The molecule has 80 valence electrons. The van der Waals surface area contributed by atoms with E-state index in [9.17, 15) is 5.11 Å². The Labute approximate surface area is 84.5 Å². The number of aliphatic hydroxyl groups is 1. The minimum atomic E-state index is -0.941. The number of rotatable bonds is 5. The fraction of sp³-hybridized carbons (Fsp3) is 0.700. The molecule has 14 heavy (non-hydrogen) atoms. The van der Waals surface area contributed by atoms with E-state index in [1.807, 2.05) is 20.0 Å². The zero-order chi connectivity index (χ0) is 10.6. The van der Waals surface area contributed by atoms with Crippen molar-refractivity contribution in [2.45, 2.75) is 32.9 Å². The van der Waals surface area contributed by atoms with Gasteiger partial charge in [-0.2, -0.15) is 5.10 Å². The van der Waals surface area contributed by atoms with Crippen LogP contribution in [0.3, 0.4) is 0 Å². The Morgan fingerprint density at radius 2 is 2.29 bits per heavy atom. The lowest BCUT2D eigenvalue weighted by Gasteiger charge is -2.21. The lowest BCUT2D eigenvalue weighted by atomic mass is 10.0. The third kappa shape index (κ3) is 2.56. The average molecular weight is 198 g/mol. The number of nitrogens with zero attached hydrogens (tertiary/aromatic N) is 2. The summed E-state index contributed by atoms with van der Waals surface area (Å²) < 4.78 is 7.00. The van der Waals surface area contributed by atoms with E-state index < -0.39 is 5.60 Å². The van der Waals surface area contributed by atoms with E-state index in [1.54, 1.807) is 17.8 Å². The van der Waals surface area contributed by atoms with Gasteiger partial charge in [0.2, 0.25) is 0 Å². The summed E-state index contributed by atoms with van der Waals surface area (Å²) in [5.74, 6) is 0. The molecule has 0 radical (unpaired) electrons. The van der Waals surface area contributed by atoms with Crippen molar-refractivity contribution in [2.24, 2.45) is 0 Å². The average Bonchev–Trinajstić information content (AvgIpc) is 2.63. The molecule has 4 nitrogen and oxygen atoms in total. The third-order valence-electron chi connectivity index (χ3n) is 2.17. The number of hydrogen-bond donors (Lipinski definition) is 1. The fourth-order valence-corrected chi connectivity index (χ4v) is 1.20. The molecule has 1 atom stereocenters. The Hall–Kier alpha value is -0.870. The van der Waals surface area contributed by atoms with Crippen molar-refractivity contribution < 1.29 is 9.84 Å². The molecule has 1 rings (SSSR count). The number of hydrogen-bond acceptors (Lipinski definition) is 3. The Kier molecular flexibility index (Phi) is 3.66. The van der Waals surface area contributed by atoms with Gasteiger partial charge in [-0.3, -0.25) is 4.68 Å². The van der Waals surface area contributed by atoms with Crippen LogP contribution in [0, 0.1) is 0 Å². The van der Waals surface area contributed by atoms with Gasteiger partial charge in [0.15, 0.2) is 0 Å². The van der Waals surface area contributed by atoms with Crippen molar-refractivity contribution >= 4 is 0 Å². The second-order valence-corrected chi connectivity index (χ2v) is 3.50. The van der Waals surface area contributed by atoms with Crippen molar-refractivity contribution in [2.75, 3.05) is 13.2 Å². The molecule has 1 unspecified atom stereocenters.